The monoisotopic (exact) mass is 320 g/mol. The number of likely N-dealkylation sites (N-methyl/N-ethyl adjacent to an activating group) is 1. The van der Waals surface area contributed by atoms with Crippen LogP contribution in [0.1, 0.15) is 36.2 Å². The van der Waals surface area contributed by atoms with E-state index in [-0.39, 0.29) is 19.1 Å². The van der Waals surface area contributed by atoms with Crippen molar-refractivity contribution in [1.29, 1.82) is 0 Å². The second-order valence-corrected chi connectivity index (χ2v) is 6.06. The molecule has 2 N–H and O–H groups in total. The summed E-state index contributed by atoms with van der Waals surface area (Å²) in [5, 5.41) is 11.4. The highest BCUT2D eigenvalue weighted by Crippen LogP contribution is 2.14. The number of likely N-dealkylation sites (tertiary alicyclic amines) is 1. The zero-order valence-electron chi connectivity index (χ0n) is 14.0. The Morgan fingerprint density at radius 1 is 1.35 bits per heavy atom. The fraction of sp³-hybridized carbons (Fsp3) is 0.647. The molecule has 128 valence electrons. The van der Waals surface area contributed by atoms with Gasteiger partial charge in [-0.3, -0.25) is 9.78 Å². The van der Waals surface area contributed by atoms with Gasteiger partial charge in [-0.2, -0.15) is 0 Å². The fourth-order valence-electron chi connectivity index (χ4n) is 2.82. The number of aromatic nitrogens is 1. The standard InChI is InChI=1S/C17H28N4O2/c1-20(11-12-21-9-4-2-3-5-10-21)15-6-7-18-16(14-15)17(23)19-8-13-22/h6-7,14,22H,2-5,8-13H2,1H3,(H,19,23). The van der Waals surface area contributed by atoms with Gasteiger partial charge in [0, 0.05) is 38.6 Å². The number of carbonyl (C=O) groups excluding carboxylic acids is 1. The van der Waals surface area contributed by atoms with E-state index in [1.54, 1.807) is 12.3 Å². The molecule has 1 amide bonds. The second kappa shape index (κ2) is 9.47. The van der Waals surface area contributed by atoms with Crippen molar-refractivity contribution in [2.75, 3.05) is 51.3 Å². The summed E-state index contributed by atoms with van der Waals surface area (Å²) in [4.78, 5) is 20.7. The van der Waals surface area contributed by atoms with Crippen LogP contribution in [-0.4, -0.2) is 67.3 Å². The minimum Gasteiger partial charge on any atom is -0.395 e. The van der Waals surface area contributed by atoms with Gasteiger partial charge in [-0.15, -0.1) is 0 Å². The zero-order valence-corrected chi connectivity index (χ0v) is 14.0. The van der Waals surface area contributed by atoms with E-state index >= 15 is 0 Å². The van der Waals surface area contributed by atoms with E-state index in [1.807, 2.05) is 13.1 Å². The van der Waals surface area contributed by atoms with Crippen molar-refractivity contribution in [2.45, 2.75) is 25.7 Å². The number of aliphatic hydroxyl groups is 1. The van der Waals surface area contributed by atoms with Gasteiger partial charge in [-0.05, 0) is 38.1 Å². The average molecular weight is 320 g/mol. The smallest absolute Gasteiger partial charge is 0.270 e. The normalized spacial score (nSPS) is 15.9. The molecule has 0 aliphatic carbocycles. The Morgan fingerprint density at radius 2 is 2.09 bits per heavy atom. The third-order valence-electron chi connectivity index (χ3n) is 4.26. The molecule has 0 spiro atoms. The molecule has 0 radical (unpaired) electrons. The molecule has 1 aliphatic rings. The molecule has 1 fully saturated rings. The molecule has 0 atom stereocenters. The van der Waals surface area contributed by atoms with Gasteiger partial charge >= 0.3 is 0 Å². The summed E-state index contributed by atoms with van der Waals surface area (Å²) in [6.07, 6.45) is 6.96. The van der Waals surface area contributed by atoms with Crippen LogP contribution in [0.3, 0.4) is 0 Å². The number of amides is 1. The number of aliphatic hydroxyl groups excluding tert-OH is 1. The summed E-state index contributed by atoms with van der Waals surface area (Å²) in [5.41, 5.74) is 1.38. The molecule has 0 bridgehead atoms. The van der Waals surface area contributed by atoms with Gasteiger partial charge in [0.15, 0.2) is 0 Å². The first-order valence-electron chi connectivity index (χ1n) is 8.49. The summed E-state index contributed by atoms with van der Waals surface area (Å²) in [6.45, 7) is 4.54. The Morgan fingerprint density at radius 3 is 2.78 bits per heavy atom. The summed E-state index contributed by atoms with van der Waals surface area (Å²) in [7, 11) is 2.04. The van der Waals surface area contributed by atoms with Crippen LogP contribution in [0.15, 0.2) is 18.3 Å². The summed E-state index contributed by atoms with van der Waals surface area (Å²) in [5.74, 6) is -0.248. The van der Waals surface area contributed by atoms with Crippen molar-refractivity contribution in [2.24, 2.45) is 0 Å². The molecule has 23 heavy (non-hydrogen) atoms. The van der Waals surface area contributed by atoms with Crippen molar-refractivity contribution in [3.8, 4) is 0 Å². The summed E-state index contributed by atoms with van der Waals surface area (Å²) < 4.78 is 0. The third-order valence-corrected chi connectivity index (χ3v) is 4.26. The van der Waals surface area contributed by atoms with Gasteiger partial charge in [0.2, 0.25) is 0 Å². The van der Waals surface area contributed by atoms with Gasteiger partial charge in [-0.1, -0.05) is 12.8 Å². The van der Waals surface area contributed by atoms with Crippen LogP contribution in [0.25, 0.3) is 0 Å². The van der Waals surface area contributed by atoms with Crippen LogP contribution in [-0.2, 0) is 0 Å². The minimum atomic E-state index is -0.248. The maximum atomic E-state index is 11.9. The van der Waals surface area contributed by atoms with Crippen LogP contribution in [0.5, 0.6) is 0 Å². The number of carbonyl (C=O) groups is 1. The lowest BCUT2D eigenvalue weighted by atomic mass is 10.2. The molecule has 1 aliphatic heterocycles. The second-order valence-electron chi connectivity index (χ2n) is 6.06. The Kier molecular flexibility index (Phi) is 7.29. The van der Waals surface area contributed by atoms with Crippen LogP contribution >= 0.6 is 0 Å². The van der Waals surface area contributed by atoms with Crippen molar-refractivity contribution in [3.63, 3.8) is 0 Å². The van der Waals surface area contributed by atoms with Gasteiger partial charge in [0.1, 0.15) is 5.69 Å². The number of hydrogen-bond donors (Lipinski definition) is 2. The lowest BCUT2D eigenvalue weighted by Gasteiger charge is -2.25. The molecule has 1 aromatic rings. The van der Waals surface area contributed by atoms with Gasteiger partial charge in [0.05, 0.1) is 6.61 Å². The number of nitrogens with one attached hydrogen (secondary N) is 1. The summed E-state index contributed by atoms with van der Waals surface area (Å²) in [6, 6.07) is 3.72. The highest BCUT2D eigenvalue weighted by molar-refractivity contribution is 5.93. The van der Waals surface area contributed by atoms with E-state index in [2.05, 4.69) is 20.1 Å². The van der Waals surface area contributed by atoms with Crippen molar-refractivity contribution >= 4 is 11.6 Å². The van der Waals surface area contributed by atoms with E-state index in [0.29, 0.717) is 5.69 Å². The van der Waals surface area contributed by atoms with E-state index in [9.17, 15) is 4.79 Å². The molecule has 0 aromatic carbocycles. The molecule has 0 saturated carbocycles. The van der Waals surface area contributed by atoms with Crippen molar-refractivity contribution < 1.29 is 9.90 Å². The number of rotatable bonds is 7. The van der Waals surface area contributed by atoms with E-state index in [4.69, 9.17) is 5.11 Å². The number of hydrogen-bond acceptors (Lipinski definition) is 5. The van der Waals surface area contributed by atoms with Gasteiger partial charge < -0.3 is 20.2 Å². The number of anilines is 1. The molecule has 1 aromatic heterocycles. The molecule has 1 saturated heterocycles. The van der Waals surface area contributed by atoms with Crippen LogP contribution in [0, 0.1) is 0 Å². The first kappa shape index (κ1) is 17.7. The van der Waals surface area contributed by atoms with Crippen molar-refractivity contribution in [1.82, 2.24) is 15.2 Å². The largest absolute Gasteiger partial charge is 0.395 e. The maximum Gasteiger partial charge on any atom is 0.270 e. The predicted molar refractivity (Wildman–Crippen MR) is 91.8 cm³/mol. The van der Waals surface area contributed by atoms with Crippen molar-refractivity contribution in [3.05, 3.63) is 24.0 Å². The summed E-state index contributed by atoms with van der Waals surface area (Å²) >= 11 is 0. The quantitative estimate of drug-likeness (QED) is 0.788. The van der Waals surface area contributed by atoms with E-state index in [1.165, 1.54) is 38.8 Å². The van der Waals surface area contributed by atoms with Crippen LogP contribution in [0.2, 0.25) is 0 Å². The zero-order chi connectivity index (χ0) is 16.5. The molecular formula is C17H28N4O2. The van der Waals surface area contributed by atoms with Gasteiger partial charge in [-0.25, -0.2) is 0 Å². The molecular weight excluding hydrogens is 292 g/mol. The Bertz CT molecular complexity index is 487. The SMILES string of the molecule is CN(CCN1CCCCCC1)c1ccnc(C(=O)NCCO)c1. The van der Waals surface area contributed by atoms with E-state index in [0.717, 1.165) is 18.8 Å². The molecule has 0 unspecified atom stereocenters. The molecule has 2 heterocycles. The lowest BCUT2D eigenvalue weighted by Crippen LogP contribution is -2.34. The Labute approximate surface area is 138 Å². The number of nitrogens with zero attached hydrogens (tertiary/aromatic N) is 3. The van der Waals surface area contributed by atoms with Gasteiger partial charge in [0.25, 0.3) is 5.91 Å². The lowest BCUT2D eigenvalue weighted by molar-refractivity contribution is 0.0940. The highest BCUT2D eigenvalue weighted by atomic mass is 16.3. The van der Waals surface area contributed by atoms with E-state index < -0.39 is 0 Å². The minimum absolute atomic E-state index is 0.0683. The highest BCUT2D eigenvalue weighted by Gasteiger charge is 2.12. The first-order chi connectivity index (χ1) is 11.2. The Hall–Kier alpha value is -1.66. The number of pyridine rings is 1. The molecule has 2 rings (SSSR count). The predicted octanol–water partition coefficient (Wildman–Crippen LogP) is 1.12. The fourth-order valence-corrected chi connectivity index (χ4v) is 2.82. The Balaban J connectivity index is 1.88. The van der Waals surface area contributed by atoms with Crippen LogP contribution in [0.4, 0.5) is 5.69 Å². The topological polar surface area (TPSA) is 68.7 Å². The van der Waals surface area contributed by atoms with Crippen LogP contribution < -0.4 is 10.2 Å². The average Bonchev–Trinajstić information content (AvgIpc) is 2.86. The maximum absolute atomic E-state index is 11.9. The molecule has 6 nitrogen and oxygen atoms in total. The third kappa shape index (κ3) is 5.80. The first-order valence-corrected chi connectivity index (χ1v) is 8.49. The molecule has 6 heteroatoms.